The quantitative estimate of drug-likeness (QED) is 0.670. The number of benzene rings is 1. The van der Waals surface area contributed by atoms with Crippen LogP contribution in [0.3, 0.4) is 0 Å². The van der Waals surface area contributed by atoms with Crippen molar-refractivity contribution < 1.29 is 12.2 Å². The van der Waals surface area contributed by atoms with E-state index in [4.69, 9.17) is 12.2 Å². The zero-order valence-corrected chi connectivity index (χ0v) is 8.28. The van der Waals surface area contributed by atoms with Gasteiger partial charge in [0.05, 0.1) is 14.2 Å². The molecule has 1 aromatic carbocycles. The summed E-state index contributed by atoms with van der Waals surface area (Å²) in [6.45, 7) is 0. The molecule has 1 aliphatic carbocycles. The molecule has 0 fully saturated rings. The summed E-state index contributed by atoms with van der Waals surface area (Å²) in [7, 11) is 3.15. The largest absolute Gasteiger partial charge is 0.496 e. The Morgan fingerprint density at radius 2 is 1.43 bits per heavy atom. The predicted octanol–water partition coefficient (Wildman–Crippen LogP) is 2.36. The van der Waals surface area contributed by atoms with Crippen LogP contribution in [0, 0.1) is 0 Å². The van der Waals surface area contributed by atoms with Gasteiger partial charge in [0, 0.05) is 13.9 Å². The van der Waals surface area contributed by atoms with Crippen LogP contribution in [-0.2, 0) is 12.8 Å². The number of rotatable bonds is 2. The highest BCUT2D eigenvalue weighted by Crippen LogP contribution is 2.33. The van der Waals surface area contributed by atoms with E-state index in [-0.39, 0.29) is 0 Å². The fourth-order valence-electron chi connectivity index (χ4n) is 1.60. The van der Waals surface area contributed by atoms with E-state index < -0.39 is 12.8 Å². The van der Waals surface area contributed by atoms with E-state index in [0.29, 0.717) is 11.5 Å². The van der Waals surface area contributed by atoms with Gasteiger partial charge in [-0.05, 0) is 24.9 Å². The molecule has 2 rings (SSSR count). The van der Waals surface area contributed by atoms with Crippen LogP contribution in [0.25, 0.3) is 0 Å². The maximum Gasteiger partial charge on any atom is 0.122 e. The van der Waals surface area contributed by atoms with Crippen LogP contribution < -0.4 is 9.47 Å². The zero-order chi connectivity index (χ0) is 11.7. The molecule has 0 saturated carbocycles. The van der Waals surface area contributed by atoms with Gasteiger partial charge in [0.25, 0.3) is 0 Å². The summed E-state index contributed by atoms with van der Waals surface area (Å²) < 4.78 is 26.4. The molecule has 2 atom stereocenters. The van der Waals surface area contributed by atoms with Crippen LogP contribution >= 0.6 is 0 Å². The number of hydrogen-bond acceptors (Lipinski definition) is 2. The van der Waals surface area contributed by atoms with Crippen LogP contribution in [-0.4, -0.2) is 14.2 Å². The number of allylic oxidation sites excluding steroid dienone is 2. The first-order valence-corrected chi connectivity index (χ1v) is 4.46. The van der Waals surface area contributed by atoms with E-state index in [1.807, 2.05) is 0 Å². The van der Waals surface area contributed by atoms with Crippen molar-refractivity contribution in [3.8, 4) is 11.5 Å². The van der Waals surface area contributed by atoms with Crippen molar-refractivity contribution >= 4 is 0 Å². The Morgan fingerprint density at radius 3 is 1.79 bits per heavy atom. The molecule has 0 radical (unpaired) electrons. The lowest BCUT2D eigenvalue weighted by Gasteiger charge is -2.17. The molecule has 2 unspecified atom stereocenters. The first-order chi connectivity index (χ1) is 7.69. The predicted molar refractivity (Wildman–Crippen MR) is 56.1 cm³/mol. The third-order valence-corrected chi connectivity index (χ3v) is 2.28. The second-order valence-electron chi connectivity index (χ2n) is 3.02. The van der Waals surface area contributed by atoms with Gasteiger partial charge in [0.15, 0.2) is 0 Å². The Balaban J connectivity index is 2.66. The highest BCUT2D eigenvalue weighted by molar-refractivity contribution is 5.51. The van der Waals surface area contributed by atoms with Crippen molar-refractivity contribution in [1.29, 1.82) is 0 Å². The minimum atomic E-state index is -0.485. The molecule has 2 nitrogen and oxygen atoms in total. The van der Waals surface area contributed by atoms with Gasteiger partial charge in [-0.2, -0.15) is 0 Å². The molecule has 1 aromatic rings. The highest BCUT2D eigenvalue weighted by Gasteiger charge is 2.14. The minimum absolute atomic E-state index is 0.485. The van der Waals surface area contributed by atoms with Gasteiger partial charge in [-0.3, -0.25) is 0 Å². The summed E-state index contributed by atoms with van der Waals surface area (Å²) in [5.41, 5.74) is 1.48. The van der Waals surface area contributed by atoms with Crippen molar-refractivity contribution in [1.82, 2.24) is 0 Å². The Kier molecular flexibility index (Phi) is 1.85. The van der Waals surface area contributed by atoms with Crippen LogP contribution in [0.2, 0.25) is 0 Å². The third-order valence-electron chi connectivity index (χ3n) is 2.28. The molecule has 14 heavy (non-hydrogen) atoms. The summed E-state index contributed by atoms with van der Waals surface area (Å²) in [6.07, 6.45) is 2.45. The van der Waals surface area contributed by atoms with Gasteiger partial charge in [-0.25, -0.2) is 0 Å². The standard InChI is InChI=1S/C12H14O2/c1-13-11-7-8-12(14-2)10-6-4-3-5-9(10)11/h3-4,7-8H,5-6H2,1-2H3/i5D,6D. The van der Waals surface area contributed by atoms with E-state index in [9.17, 15) is 0 Å². The average molecular weight is 192 g/mol. The van der Waals surface area contributed by atoms with Crippen molar-refractivity contribution in [2.75, 3.05) is 14.2 Å². The second kappa shape index (κ2) is 3.74. The Labute approximate surface area is 87.0 Å². The fourth-order valence-corrected chi connectivity index (χ4v) is 1.60. The van der Waals surface area contributed by atoms with Gasteiger partial charge in [0.2, 0.25) is 0 Å². The normalized spacial score (nSPS) is 26.1. The number of methoxy groups -OCH3 is 2. The van der Waals surface area contributed by atoms with Gasteiger partial charge >= 0.3 is 0 Å². The summed E-state index contributed by atoms with van der Waals surface area (Å²) in [6, 6.07) is 3.57. The van der Waals surface area contributed by atoms with Gasteiger partial charge in [-0.1, -0.05) is 12.2 Å². The van der Waals surface area contributed by atoms with Crippen molar-refractivity contribution in [2.24, 2.45) is 0 Å². The summed E-state index contributed by atoms with van der Waals surface area (Å²) in [5.74, 6) is 1.30. The lowest BCUT2D eigenvalue weighted by Crippen LogP contribution is -2.03. The summed E-state index contributed by atoms with van der Waals surface area (Å²) >= 11 is 0. The molecule has 0 heterocycles. The lowest BCUT2D eigenvalue weighted by atomic mass is 9.95. The Morgan fingerprint density at radius 1 is 1.00 bits per heavy atom. The van der Waals surface area contributed by atoms with E-state index in [1.54, 1.807) is 38.5 Å². The molecule has 74 valence electrons. The monoisotopic (exact) mass is 192 g/mol. The van der Waals surface area contributed by atoms with E-state index >= 15 is 0 Å². The molecule has 0 saturated heterocycles. The summed E-state index contributed by atoms with van der Waals surface area (Å²) in [4.78, 5) is 0. The minimum Gasteiger partial charge on any atom is -0.496 e. The van der Waals surface area contributed by atoms with Crippen molar-refractivity contribution in [2.45, 2.75) is 12.8 Å². The second-order valence-corrected chi connectivity index (χ2v) is 3.02. The Bertz CT molecular complexity index is 390. The van der Waals surface area contributed by atoms with E-state index in [0.717, 1.165) is 11.1 Å². The highest BCUT2D eigenvalue weighted by atomic mass is 16.5. The van der Waals surface area contributed by atoms with Crippen LogP contribution in [0.5, 0.6) is 11.5 Å². The van der Waals surface area contributed by atoms with Gasteiger partial charge < -0.3 is 9.47 Å². The number of fused-ring (bicyclic) bond motifs is 1. The van der Waals surface area contributed by atoms with Crippen LogP contribution in [0.4, 0.5) is 0 Å². The number of hydrogen-bond donors (Lipinski definition) is 0. The maximum atomic E-state index is 7.95. The van der Waals surface area contributed by atoms with Crippen LogP contribution in [0.1, 0.15) is 13.9 Å². The molecule has 2 heteroatoms. The SMILES string of the molecule is [2H]C1C=CC([2H])c2c(OC)ccc(OC)c21. The number of ether oxygens (including phenoxy) is 2. The molecule has 1 aliphatic rings. The fraction of sp³-hybridized carbons (Fsp3) is 0.333. The van der Waals surface area contributed by atoms with Gasteiger partial charge in [-0.15, -0.1) is 0 Å². The molecular formula is C12H14O2. The van der Waals surface area contributed by atoms with Crippen LogP contribution in [0.15, 0.2) is 24.3 Å². The zero-order valence-electron chi connectivity index (χ0n) is 10.3. The molecular weight excluding hydrogens is 176 g/mol. The third kappa shape index (κ3) is 1.37. The lowest BCUT2D eigenvalue weighted by molar-refractivity contribution is 0.395. The molecule has 0 aliphatic heterocycles. The summed E-state index contributed by atoms with van der Waals surface area (Å²) in [5, 5.41) is 0. The smallest absolute Gasteiger partial charge is 0.122 e. The van der Waals surface area contributed by atoms with E-state index in [1.165, 1.54) is 0 Å². The maximum absolute atomic E-state index is 7.95. The molecule has 0 N–H and O–H groups in total. The Hall–Kier alpha value is -1.44. The molecule has 0 bridgehead atoms. The first kappa shape index (κ1) is 6.93. The molecule has 0 aromatic heterocycles. The van der Waals surface area contributed by atoms with E-state index in [2.05, 4.69) is 0 Å². The molecule has 0 amide bonds. The topological polar surface area (TPSA) is 18.5 Å². The first-order valence-electron chi connectivity index (χ1n) is 5.62. The van der Waals surface area contributed by atoms with Gasteiger partial charge in [0.1, 0.15) is 11.5 Å². The van der Waals surface area contributed by atoms with Crippen molar-refractivity contribution in [3.63, 3.8) is 0 Å². The molecule has 0 spiro atoms. The average Bonchev–Trinajstić information content (AvgIpc) is 2.32. The van der Waals surface area contributed by atoms with Crippen molar-refractivity contribution in [3.05, 3.63) is 35.4 Å².